The third-order valence-electron chi connectivity index (χ3n) is 4.60. The van der Waals surface area contributed by atoms with Crippen molar-refractivity contribution in [2.75, 3.05) is 13.6 Å². The van der Waals surface area contributed by atoms with Crippen LogP contribution in [0.1, 0.15) is 65.7 Å². The van der Waals surface area contributed by atoms with Gasteiger partial charge in [0.05, 0.1) is 12.0 Å². The average molecular weight is 298 g/mol. The molecular formula is C16H30N2O3. The van der Waals surface area contributed by atoms with Crippen molar-refractivity contribution < 1.29 is 14.7 Å². The van der Waals surface area contributed by atoms with Crippen LogP contribution in [0.4, 0.5) is 4.79 Å². The van der Waals surface area contributed by atoms with E-state index < -0.39 is 11.5 Å². The van der Waals surface area contributed by atoms with Crippen LogP contribution >= 0.6 is 0 Å². The van der Waals surface area contributed by atoms with Crippen molar-refractivity contribution in [3.63, 3.8) is 0 Å². The van der Waals surface area contributed by atoms with Gasteiger partial charge in [0.1, 0.15) is 0 Å². The fourth-order valence-corrected chi connectivity index (χ4v) is 3.33. The molecule has 1 N–H and O–H groups in total. The first kappa shape index (κ1) is 17.8. The topological polar surface area (TPSA) is 60.9 Å². The zero-order valence-corrected chi connectivity index (χ0v) is 13.9. The standard InChI is InChI=1S/C16H30N2O3/c1-5-11-18(13(2)3)15(21)17(4)16(12-14(19)20)9-7-6-8-10-16/h13H,5-12H2,1-4H3,(H,19,20). The number of nitrogens with zero attached hydrogens (tertiary/aromatic N) is 2. The molecule has 0 unspecified atom stereocenters. The molecule has 1 aliphatic carbocycles. The summed E-state index contributed by atoms with van der Waals surface area (Å²) in [6, 6.07) is 0.0976. The third-order valence-corrected chi connectivity index (χ3v) is 4.60. The number of rotatable bonds is 6. The molecule has 1 saturated carbocycles. The van der Waals surface area contributed by atoms with Gasteiger partial charge in [-0.25, -0.2) is 4.79 Å². The van der Waals surface area contributed by atoms with Crippen molar-refractivity contribution in [2.24, 2.45) is 0 Å². The van der Waals surface area contributed by atoms with Gasteiger partial charge in [-0.15, -0.1) is 0 Å². The summed E-state index contributed by atoms with van der Waals surface area (Å²) in [5.41, 5.74) is -0.512. The molecule has 1 rings (SSSR count). The molecule has 0 aromatic rings. The van der Waals surface area contributed by atoms with E-state index in [9.17, 15) is 14.7 Å². The van der Waals surface area contributed by atoms with Gasteiger partial charge in [-0.05, 0) is 33.1 Å². The number of carbonyl (C=O) groups excluding carboxylic acids is 1. The maximum absolute atomic E-state index is 12.8. The van der Waals surface area contributed by atoms with Crippen LogP contribution in [-0.4, -0.2) is 52.1 Å². The van der Waals surface area contributed by atoms with Crippen molar-refractivity contribution >= 4 is 12.0 Å². The monoisotopic (exact) mass is 298 g/mol. The highest BCUT2D eigenvalue weighted by atomic mass is 16.4. The van der Waals surface area contributed by atoms with Gasteiger partial charge in [0.15, 0.2) is 0 Å². The summed E-state index contributed by atoms with van der Waals surface area (Å²) in [5.74, 6) is -0.817. The van der Waals surface area contributed by atoms with Gasteiger partial charge in [0.2, 0.25) is 0 Å². The van der Waals surface area contributed by atoms with E-state index in [1.54, 1.807) is 11.9 Å². The minimum Gasteiger partial charge on any atom is -0.481 e. The summed E-state index contributed by atoms with van der Waals surface area (Å²) < 4.78 is 0. The second-order valence-electron chi connectivity index (χ2n) is 6.48. The van der Waals surface area contributed by atoms with Crippen LogP contribution < -0.4 is 0 Å². The lowest BCUT2D eigenvalue weighted by atomic mass is 9.78. The van der Waals surface area contributed by atoms with Crippen molar-refractivity contribution in [2.45, 2.75) is 77.3 Å². The molecule has 0 heterocycles. The Morgan fingerprint density at radius 3 is 2.19 bits per heavy atom. The minimum absolute atomic E-state index is 0.0324. The molecule has 0 saturated heterocycles. The zero-order chi connectivity index (χ0) is 16.0. The van der Waals surface area contributed by atoms with E-state index in [1.807, 2.05) is 18.7 Å². The largest absolute Gasteiger partial charge is 0.481 e. The van der Waals surface area contributed by atoms with Gasteiger partial charge in [-0.3, -0.25) is 4.79 Å². The van der Waals surface area contributed by atoms with E-state index in [4.69, 9.17) is 0 Å². The fourth-order valence-electron chi connectivity index (χ4n) is 3.33. The van der Waals surface area contributed by atoms with Crippen molar-refractivity contribution in [3.05, 3.63) is 0 Å². The van der Waals surface area contributed by atoms with Crippen LogP contribution in [0.15, 0.2) is 0 Å². The van der Waals surface area contributed by atoms with Crippen LogP contribution in [0.25, 0.3) is 0 Å². The molecule has 0 spiro atoms. The van der Waals surface area contributed by atoms with E-state index in [-0.39, 0.29) is 18.5 Å². The van der Waals surface area contributed by atoms with Gasteiger partial charge in [0, 0.05) is 19.6 Å². The number of carbonyl (C=O) groups is 2. The zero-order valence-electron chi connectivity index (χ0n) is 13.9. The smallest absolute Gasteiger partial charge is 0.320 e. The Morgan fingerprint density at radius 2 is 1.76 bits per heavy atom. The van der Waals surface area contributed by atoms with Crippen molar-refractivity contribution in [1.29, 1.82) is 0 Å². The molecule has 0 atom stereocenters. The summed E-state index contributed by atoms with van der Waals surface area (Å²) in [5, 5.41) is 9.26. The number of urea groups is 1. The first-order valence-corrected chi connectivity index (χ1v) is 8.10. The number of amides is 2. The molecule has 0 aromatic carbocycles. The van der Waals surface area contributed by atoms with Gasteiger partial charge >= 0.3 is 12.0 Å². The maximum Gasteiger partial charge on any atom is 0.320 e. The molecule has 1 fully saturated rings. The van der Waals surface area contributed by atoms with Crippen LogP contribution in [-0.2, 0) is 4.79 Å². The molecule has 5 heteroatoms. The predicted molar refractivity (Wildman–Crippen MR) is 83.4 cm³/mol. The molecule has 0 bridgehead atoms. The van der Waals surface area contributed by atoms with E-state index in [0.29, 0.717) is 6.54 Å². The molecule has 122 valence electrons. The number of aliphatic carboxylic acids is 1. The molecule has 2 amide bonds. The quantitative estimate of drug-likeness (QED) is 0.818. The maximum atomic E-state index is 12.8. The Morgan fingerprint density at radius 1 is 1.19 bits per heavy atom. The Balaban J connectivity index is 2.95. The minimum atomic E-state index is -0.817. The second kappa shape index (κ2) is 7.66. The number of hydrogen-bond donors (Lipinski definition) is 1. The van der Waals surface area contributed by atoms with E-state index in [1.165, 1.54) is 0 Å². The first-order valence-electron chi connectivity index (χ1n) is 8.10. The summed E-state index contributed by atoms with van der Waals surface area (Å²) in [4.78, 5) is 27.7. The van der Waals surface area contributed by atoms with E-state index in [2.05, 4.69) is 6.92 Å². The Hall–Kier alpha value is -1.26. The SMILES string of the molecule is CCCN(C(=O)N(C)C1(CC(=O)O)CCCCC1)C(C)C. The van der Waals surface area contributed by atoms with Crippen LogP contribution in [0.5, 0.6) is 0 Å². The molecule has 0 radical (unpaired) electrons. The first-order chi connectivity index (χ1) is 9.84. The molecule has 0 aliphatic heterocycles. The van der Waals surface area contributed by atoms with E-state index in [0.717, 1.165) is 38.5 Å². The molecule has 21 heavy (non-hydrogen) atoms. The van der Waals surface area contributed by atoms with Crippen LogP contribution in [0, 0.1) is 0 Å². The van der Waals surface area contributed by atoms with Gasteiger partial charge in [0.25, 0.3) is 0 Å². The lowest BCUT2D eigenvalue weighted by molar-refractivity contribution is -0.140. The molecule has 0 aromatic heterocycles. The summed E-state index contributed by atoms with van der Waals surface area (Å²) in [6.07, 6.45) is 5.67. The van der Waals surface area contributed by atoms with E-state index >= 15 is 0 Å². The second-order valence-corrected chi connectivity index (χ2v) is 6.48. The predicted octanol–water partition coefficient (Wildman–Crippen LogP) is 3.34. The highest BCUT2D eigenvalue weighted by Gasteiger charge is 2.41. The summed E-state index contributed by atoms with van der Waals surface area (Å²) in [7, 11) is 1.78. The number of carboxylic acids is 1. The lowest BCUT2D eigenvalue weighted by Crippen LogP contribution is -2.57. The Labute approximate surface area is 128 Å². The average Bonchev–Trinajstić information content (AvgIpc) is 2.43. The van der Waals surface area contributed by atoms with Crippen LogP contribution in [0.3, 0.4) is 0 Å². The number of carboxylic acid groups (broad SMARTS) is 1. The van der Waals surface area contributed by atoms with Crippen molar-refractivity contribution in [3.8, 4) is 0 Å². The normalized spacial score (nSPS) is 17.6. The van der Waals surface area contributed by atoms with Gasteiger partial charge in [-0.1, -0.05) is 26.2 Å². The summed E-state index contributed by atoms with van der Waals surface area (Å²) in [6.45, 7) is 6.78. The molecule has 5 nitrogen and oxygen atoms in total. The lowest BCUT2D eigenvalue weighted by Gasteiger charge is -2.46. The van der Waals surface area contributed by atoms with Crippen molar-refractivity contribution in [1.82, 2.24) is 9.80 Å². The highest BCUT2D eigenvalue weighted by Crippen LogP contribution is 2.36. The number of hydrogen-bond acceptors (Lipinski definition) is 2. The Bertz CT molecular complexity index is 363. The third kappa shape index (κ3) is 4.35. The molecule has 1 aliphatic rings. The fraction of sp³-hybridized carbons (Fsp3) is 0.875. The highest BCUT2D eigenvalue weighted by molar-refractivity contribution is 5.77. The summed E-state index contributed by atoms with van der Waals surface area (Å²) >= 11 is 0. The van der Waals surface area contributed by atoms with Gasteiger partial charge < -0.3 is 14.9 Å². The van der Waals surface area contributed by atoms with Gasteiger partial charge in [-0.2, -0.15) is 0 Å². The molecular weight excluding hydrogens is 268 g/mol. The van der Waals surface area contributed by atoms with Crippen LogP contribution in [0.2, 0.25) is 0 Å². The Kier molecular flexibility index (Phi) is 6.49.